The molecule has 4 rings (SSSR count). The average Bonchev–Trinajstić information content (AvgIpc) is 3.19. The van der Waals surface area contributed by atoms with E-state index in [9.17, 15) is 9.59 Å². The van der Waals surface area contributed by atoms with Gasteiger partial charge in [-0.2, -0.15) is 5.10 Å². The van der Waals surface area contributed by atoms with Gasteiger partial charge in [-0.15, -0.1) is 0 Å². The van der Waals surface area contributed by atoms with Crippen LogP contribution in [-0.4, -0.2) is 32.6 Å². The van der Waals surface area contributed by atoms with Crippen LogP contribution in [0.15, 0.2) is 51.9 Å². The third kappa shape index (κ3) is 3.91. The number of nitrogens with one attached hydrogen (secondary N) is 2. The summed E-state index contributed by atoms with van der Waals surface area (Å²) in [5.74, 6) is 0.717. The Morgan fingerprint density at radius 1 is 1.21 bits per heavy atom. The summed E-state index contributed by atoms with van der Waals surface area (Å²) >= 11 is 0. The fourth-order valence-corrected chi connectivity index (χ4v) is 2.94. The molecule has 3 aromatic heterocycles. The lowest BCUT2D eigenvalue weighted by Gasteiger charge is -2.06. The highest BCUT2D eigenvalue weighted by molar-refractivity contribution is 5.93. The van der Waals surface area contributed by atoms with Crippen molar-refractivity contribution in [3.05, 3.63) is 75.7 Å². The maximum absolute atomic E-state index is 12.4. The lowest BCUT2D eigenvalue weighted by Crippen LogP contribution is -2.26. The lowest BCUT2D eigenvalue weighted by atomic mass is 10.1. The Morgan fingerprint density at radius 2 is 2.03 bits per heavy atom. The molecule has 1 amide bonds. The van der Waals surface area contributed by atoms with Crippen molar-refractivity contribution in [3.8, 4) is 11.4 Å². The molecule has 0 aliphatic heterocycles. The van der Waals surface area contributed by atoms with Gasteiger partial charge >= 0.3 is 0 Å². The number of aromatic amines is 1. The Bertz CT molecular complexity index is 1240. The number of nitrogens with zero attached hydrogens (tertiary/aromatic N) is 3. The Labute approximate surface area is 166 Å². The summed E-state index contributed by atoms with van der Waals surface area (Å²) in [6.45, 7) is 4.17. The van der Waals surface area contributed by atoms with E-state index in [2.05, 4.69) is 25.5 Å². The summed E-state index contributed by atoms with van der Waals surface area (Å²) in [6, 6.07) is 8.46. The number of hydrogen-bond donors (Lipinski definition) is 2. The van der Waals surface area contributed by atoms with Gasteiger partial charge in [0, 0.05) is 37.0 Å². The third-order valence-electron chi connectivity index (χ3n) is 4.67. The fraction of sp³-hybridized carbons (Fsp3) is 0.190. The second-order valence-electron chi connectivity index (χ2n) is 6.76. The molecule has 2 N–H and O–H groups in total. The number of rotatable bonds is 5. The molecule has 3 heterocycles. The summed E-state index contributed by atoms with van der Waals surface area (Å²) in [4.78, 5) is 33.2. The molecule has 0 saturated carbocycles. The second kappa shape index (κ2) is 7.67. The number of fused-ring (bicyclic) bond motifs is 1. The molecule has 0 aliphatic rings. The minimum Gasteiger partial charge on any atom is -0.451 e. The van der Waals surface area contributed by atoms with Crippen molar-refractivity contribution in [2.75, 3.05) is 6.54 Å². The van der Waals surface area contributed by atoms with Gasteiger partial charge < -0.3 is 9.73 Å². The zero-order valence-electron chi connectivity index (χ0n) is 16.0. The normalized spacial score (nSPS) is 11.0. The molecule has 0 spiro atoms. The first-order chi connectivity index (χ1) is 14.0. The molecule has 0 aliphatic carbocycles. The van der Waals surface area contributed by atoms with Crippen LogP contribution in [0.2, 0.25) is 0 Å². The first kappa shape index (κ1) is 18.5. The van der Waals surface area contributed by atoms with Gasteiger partial charge in [0.1, 0.15) is 11.4 Å². The molecule has 1 aromatic carbocycles. The number of carbonyl (C=O) groups is 1. The predicted molar refractivity (Wildman–Crippen MR) is 108 cm³/mol. The van der Waals surface area contributed by atoms with E-state index in [1.165, 1.54) is 6.07 Å². The number of carbonyl (C=O) groups excluding carboxylic acids is 1. The van der Waals surface area contributed by atoms with Crippen LogP contribution in [0.1, 0.15) is 27.5 Å². The first-order valence-corrected chi connectivity index (χ1v) is 9.16. The van der Waals surface area contributed by atoms with E-state index in [1.54, 1.807) is 24.5 Å². The van der Waals surface area contributed by atoms with Gasteiger partial charge in [-0.1, -0.05) is 0 Å². The van der Waals surface area contributed by atoms with E-state index in [4.69, 9.17) is 4.42 Å². The summed E-state index contributed by atoms with van der Waals surface area (Å²) in [5, 5.41) is 10.2. The molecular weight excluding hydrogens is 370 g/mol. The third-order valence-corrected chi connectivity index (χ3v) is 4.67. The highest BCUT2D eigenvalue weighted by Gasteiger charge is 2.13. The number of pyridine rings is 1. The number of aromatic nitrogens is 4. The molecule has 8 heteroatoms. The fourth-order valence-electron chi connectivity index (χ4n) is 2.94. The molecule has 4 aromatic rings. The number of amides is 1. The summed E-state index contributed by atoms with van der Waals surface area (Å²) in [7, 11) is 0. The minimum atomic E-state index is -0.450. The first-order valence-electron chi connectivity index (χ1n) is 9.16. The van der Waals surface area contributed by atoms with Gasteiger partial charge in [0.2, 0.25) is 0 Å². The SMILES string of the molecule is Cc1cc2oc(C(=O)NCCc3nc(-c4cccnc4)n[nH]3)cc(=O)c2cc1C. The maximum Gasteiger partial charge on any atom is 0.287 e. The standard InChI is InChI=1S/C21H19N5O3/c1-12-8-15-16(27)10-18(29-17(15)9-13(12)2)21(28)23-7-5-19-24-20(26-25-19)14-4-3-6-22-11-14/h3-4,6,8-11H,5,7H2,1-2H3,(H,23,28)(H,24,25,26). The van der Waals surface area contributed by atoms with E-state index < -0.39 is 5.91 Å². The average molecular weight is 389 g/mol. The molecule has 146 valence electrons. The van der Waals surface area contributed by atoms with Crippen LogP contribution in [0.3, 0.4) is 0 Å². The van der Waals surface area contributed by atoms with Crippen molar-refractivity contribution >= 4 is 16.9 Å². The predicted octanol–water partition coefficient (Wildman–Crippen LogP) is 2.56. The van der Waals surface area contributed by atoms with Gasteiger partial charge in [-0.05, 0) is 49.2 Å². The van der Waals surface area contributed by atoms with E-state index in [-0.39, 0.29) is 11.2 Å². The summed E-state index contributed by atoms with van der Waals surface area (Å²) < 4.78 is 5.65. The topological polar surface area (TPSA) is 114 Å². The highest BCUT2D eigenvalue weighted by Crippen LogP contribution is 2.18. The van der Waals surface area contributed by atoms with Crippen molar-refractivity contribution in [1.82, 2.24) is 25.5 Å². The van der Waals surface area contributed by atoms with E-state index in [0.717, 1.165) is 16.7 Å². The molecule has 0 bridgehead atoms. The van der Waals surface area contributed by atoms with Gasteiger partial charge in [-0.3, -0.25) is 19.7 Å². The molecule has 0 radical (unpaired) electrons. The smallest absolute Gasteiger partial charge is 0.287 e. The molecule has 29 heavy (non-hydrogen) atoms. The Morgan fingerprint density at radius 3 is 2.83 bits per heavy atom. The van der Waals surface area contributed by atoms with Crippen LogP contribution in [0, 0.1) is 13.8 Å². The van der Waals surface area contributed by atoms with Crippen molar-refractivity contribution in [2.24, 2.45) is 0 Å². The van der Waals surface area contributed by atoms with Gasteiger partial charge in [0.15, 0.2) is 17.0 Å². The Hall–Kier alpha value is -3.81. The van der Waals surface area contributed by atoms with E-state index >= 15 is 0 Å². The molecule has 0 unspecified atom stereocenters. The van der Waals surface area contributed by atoms with Crippen molar-refractivity contribution in [3.63, 3.8) is 0 Å². The van der Waals surface area contributed by atoms with Crippen LogP contribution in [0.4, 0.5) is 0 Å². The van der Waals surface area contributed by atoms with Crippen LogP contribution < -0.4 is 10.7 Å². The second-order valence-corrected chi connectivity index (χ2v) is 6.76. The van der Waals surface area contributed by atoms with Crippen molar-refractivity contribution in [2.45, 2.75) is 20.3 Å². The van der Waals surface area contributed by atoms with Crippen LogP contribution in [-0.2, 0) is 6.42 Å². The van der Waals surface area contributed by atoms with Gasteiger partial charge in [0.25, 0.3) is 5.91 Å². The van der Waals surface area contributed by atoms with Gasteiger partial charge in [-0.25, -0.2) is 4.98 Å². The summed E-state index contributed by atoms with van der Waals surface area (Å²) in [5.41, 5.74) is 2.97. The Balaban J connectivity index is 1.43. The Kier molecular flexibility index (Phi) is 4.90. The van der Waals surface area contributed by atoms with Crippen molar-refractivity contribution < 1.29 is 9.21 Å². The number of H-pyrrole nitrogens is 1. The lowest BCUT2D eigenvalue weighted by molar-refractivity contribution is 0.0927. The van der Waals surface area contributed by atoms with Crippen LogP contribution in [0.25, 0.3) is 22.4 Å². The van der Waals surface area contributed by atoms with Gasteiger partial charge in [0.05, 0.1) is 5.39 Å². The van der Waals surface area contributed by atoms with Crippen LogP contribution >= 0.6 is 0 Å². The number of hydrogen-bond acceptors (Lipinski definition) is 6. The zero-order chi connectivity index (χ0) is 20.4. The highest BCUT2D eigenvalue weighted by atomic mass is 16.3. The molecular formula is C21H19N5O3. The van der Waals surface area contributed by atoms with E-state index in [0.29, 0.717) is 35.6 Å². The molecule has 0 fully saturated rings. The largest absolute Gasteiger partial charge is 0.451 e. The zero-order valence-corrected chi connectivity index (χ0v) is 16.0. The maximum atomic E-state index is 12.4. The number of benzene rings is 1. The number of aryl methyl sites for hydroxylation is 2. The molecule has 0 saturated heterocycles. The van der Waals surface area contributed by atoms with E-state index in [1.807, 2.05) is 26.0 Å². The molecule has 0 atom stereocenters. The molecule has 8 nitrogen and oxygen atoms in total. The minimum absolute atomic E-state index is 0.0145. The quantitative estimate of drug-likeness (QED) is 0.542. The van der Waals surface area contributed by atoms with Crippen LogP contribution in [0.5, 0.6) is 0 Å². The van der Waals surface area contributed by atoms with Crippen molar-refractivity contribution in [1.29, 1.82) is 0 Å². The monoisotopic (exact) mass is 389 g/mol. The summed E-state index contributed by atoms with van der Waals surface area (Å²) in [6.07, 6.45) is 3.81.